The predicted molar refractivity (Wildman–Crippen MR) is 26.1 cm³/mol. The van der Waals surface area contributed by atoms with Crippen molar-refractivity contribution in [3.63, 3.8) is 0 Å². The fourth-order valence-electron chi connectivity index (χ4n) is 0.365. The van der Waals surface area contributed by atoms with Crippen molar-refractivity contribution in [3.05, 3.63) is 11.6 Å². The molecular formula is C6H6. The summed E-state index contributed by atoms with van der Waals surface area (Å²) in [5, 5.41) is 0. The molecule has 0 saturated carbocycles. The Morgan fingerprint density at radius 1 is 1.83 bits per heavy atom. The first-order valence-corrected chi connectivity index (χ1v) is 2.14. The third-order valence-electron chi connectivity index (χ3n) is 0.860. The molecule has 0 aliphatic heterocycles. The second kappa shape index (κ2) is 1.18. The Hall–Kier alpha value is -0.700. The minimum Gasteiger partial charge on any atom is -0.0690 e. The quantitative estimate of drug-likeness (QED) is 0.415. The molecule has 0 amide bonds. The first-order valence-electron chi connectivity index (χ1n) is 2.14. The van der Waals surface area contributed by atoms with Gasteiger partial charge in [-0.25, -0.2) is 0 Å². The number of allylic oxidation sites excluding steroid dienone is 2. The van der Waals surface area contributed by atoms with Crippen molar-refractivity contribution in [1.82, 2.24) is 0 Å². The Balaban J connectivity index is 2.45. The van der Waals surface area contributed by atoms with Gasteiger partial charge < -0.3 is 0 Å². The van der Waals surface area contributed by atoms with Gasteiger partial charge in [0, 0.05) is 11.6 Å². The van der Waals surface area contributed by atoms with Crippen LogP contribution in [0.4, 0.5) is 0 Å². The molecule has 0 unspecified atom stereocenters. The van der Waals surface area contributed by atoms with Crippen molar-refractivity contribution in [2.45, 2.75) is 13.3 Å². The Bertz CT molecular complexity index is 130. The van der Waals surface area contributed by atoms with Crippen molar-refractivity contribution in [1.29, 1.82) is 0 Å². The van der Waals surface area contributed by atoms with Crippen LogP contribution in [0.1, 0.15) is 13.3 Å². The maximum Gasteiger partial charge on any atom is 0.0105 e. The monoisotopic (exact) mass is 78.0 g/mol. The summed E-state index contributed by atoms with van der Waals surface area (Å²) in [5.74, 6) is 5.71. The van der Waals surface area contributed by atoms with E-state index in [1.807, 2.05) is 6.08 Å². The zero-order valence-corrected chi connectivity index (χ0v) is 3.78. The molecule has 0 spiro atoms. The lowest BCUT2D eigenvalue weighted by atomic mass is 10.1. The van der Waals surface area contributed by atoms with Gasteiger partial charge in [-0.05, 0) is 6.42 Å². The lowest BCUT2D eigenvalue weighted by Crippen LogP contribution is -1.79. The highest BCUT2D eigenvalue weighted by molar-refractivity contribution is 5.45. The van der Waals surface area contributed by atoms with Gasteiger partial charge in [0.25, 0.3) is 0 Å². The maximum atomic E-state index is 2.91. The van der Waals surface area contributed by atoms with Gasteiger partial charge >= 0.3 is 0 Å². The Morgan fingerprint density at radius 2 is 2.50 bits per heavy atom. The van der Waals surface area contributed by atoms with Gasteiger partial charge in [-0.1, -0.05) is 18.8 Å². The van der Waals surface area contributed by atoms with E-state index >= 15 is 0 Å². The van der Waals surface area contributed by atoms with E-state index in [2.05, 4.69) is 18.8 Å². The molecule has 1 aliphatic rings. The van der Waals surface area contributed by atoms with E-state index in [1.165, 1.54) is 5.57 Å². The van der Waals surface area contributed by atoms with E-state index in [9.17, 15) is 0 Å². The van der Waals surface area contributed by atoms with Crippen LogP contribution in [0.15, 0.2) is 11.6 Å². The van der Waals surface area contributed by atoms with Crippen LogP contribution in [0, 0.1) is 11.8 Å². The number of hydrogen-bond donors (Lipinski definition) is 0. The van der Waals surface area contributed by atoms with Crippen LogP contribution in [-0.4, -0.2) is 0 Å². The summed E-state index contributed by atoms with van der Waals surface area (Å²) >= 11 is 0. The molecule has 1 aliphatic carbocycles. The fraction of sp³-hybridized carbons (Fsp3) is 0.333. The average molecular weight is 78.1 g/mol. The van der Waals surface area contributed by atoms with Crippen molar-refractivity contribution in [3.8, 4) is 11.8 Å². The van der Waals surface area contributed by atoms with E-state index in [1.54, 1.807) is 0 Å². The van der Waals surface area contributed by atoms with Crippen LogP contribution in [0.2, 0.25) is 0 Å². The molecule has 0 heteroatoms. The topological polar surface area (TPSA) is 0 Å². The number of hydrogen-bond acceptors (Lipinski definition) is 0. The minimum atomic E-state index is 1.10. The first kappa shape index (κ1) is 3.49. The van der Waals surface area contributed by atoms with E-state index in [0.717, 1.165) is 6.42 Å². The SMILES string of the molecule is CCC1=CC#C1. The van der Waals surface area contributed by atoms with Gasteiger partial charge in [0.2, 0.25) is 0 Å². The third kappa shape index (κ3) is 0.328. The summed E-state index contributed by atoms with van der Waals surface area (Å²) in [6.07, 6.45) is 3.06. The summed E-state index contributed by atoms with van der Waals surface area (Å²) in [4.78, 5) is 0. The van der Waals surface area contributed by atoms with Gasteiger partial charge in [0.1, 0.15) is 0 Å². The number of rotatable bonds is 1. The van der Waals surface area contributed by atoms with Crippen molar-refractivity contribution >= 4 is 0 Å². The smallest absolute Gasteiger partial charge is 0.0105 e. The zero-order chi connectivity index (χ0) is 4.41. The van der Waals surface area contributed by atoms with Crippen LogP contribution in [0.5, 0.6) is 0 Å². The molecule has 0 aromatic rings. The normalized spacial score (nSPS) is 13.8. The van der Waals surface area contributed by atoms with Crippen LogP contribution in [-0.2, 0) is 0 Å². The maximum absolute atomic E-state index is 2.91. The standard InChI is InChI=1S/C6H6/c1-2-6-4-3-5-6/h4H,2H2,1H3. The lowest BCUT2D eigenvalue weighted by molar-refractivity contribution is 1.16. The van der Waals surface area contributed by atoms with Crippen LogP contribution < -0.4 is 0 Å². The molecule has 6 heavy (non-hydrogen) atoms. The second-order valence-corrected chi connectivity index (χ2v) is 1.29. The lowest BCUT2D eigenvalue weighted by Gasteiger charge is -1.92. The van der Waals surface area contributed by atoms with Crippen LogP contribution >= 0.6 is 0 Å². The highest BCUT2D eigenvalue weighted by Gasteiger charge is 1.88. The van der Waals surface area contributed by atoms with Crippen molar-refractivity contribution in [2.24, 2.45) is 0 Å². The predicted octanol–water partition coefficient (Wildman–Crippen LogP) is 1.34. The second-order valence-electron chi connectivity index (χ2n) is 1.29. The van der Waals surface area contributed by atoms with Crippen molar-refractivity contribution in [2.75, 3.05) is 0 Å². The fourth-order valence-corrected chi connectivity index (χ4v) is 0.365. The molecule has 0 saturated heterocycles. The molecule has 0 nitrogen and oxygen atoms in total. The molecule has 0 atom stereocenters. The highest BCUT2D eigenvalue weighted by Crippen LogP contribution is 2.02. The van der Waals surface area contributed by atoms with E-state index < -0.39 is 0 Å². The first-order chi connectivity index (χ1) is 2.93. The molecule has 0 N–H and O–H groups in total. The van der Waals surface area contributed by atoms with Gasteiger partial charge in [-0.15, -0.1) is 0 Å². The van der Waals surface area contributed by atoms with Gasteiger partial charge in [0.15, 0.2) is 0 Å². The third-order valence-corrected chi connectivity index (χ3v) is 0.860. The van der Waals surface area contributed by atoms with Gasteiger partial charge in [0.05, 0.1) is 0 Å². The minimum absolute atomic E-state index is 1.10. The summed E-state index contributed by atoms with van der Waals surface area (Å²) in [6, 6.07) is 0. The Morgan fingerprint density at radius 3 is 2.50 bits per heavy atom. The van der Waals surface area contributed by atoms with Gasteiger partial charge in [-0.2, -0.15) is 0 Å². The largest absolute Gasteiger partial charge is 0.0690 e. The van der Waals surface area contributed by atoms with E-state index in [-0.39, 0.29) is 0 Å². The molecule has 0 heterocycles. The highest BCUT2D eigenvalue weighted by atomic mass is 13.9. The van der Waals surface area contributed by atoms with Gasteiger partial charge in [-0.3, -0.25) is 0 Å². The summed E-state index contributed by atoms with van der Waals surface area (Å²) < 4.78 is 0. The van der Waals surface area contributed by atoms with Crippen LogP contribution in [0.3, 0.4) is 0 Å². The van der Waals surface area contributed by atoms with Crippen LogP contribution in [0.25, 0.3) is 0 Å². The molecule has 30 valence electrons. The molecule has 0 aromatic heterocycles. The van der Waals surface area contributed by atoms with Crippen molar-refractivity contribution < 1.29 is 0 Å². The molecular weight excluding hydrogens is 72.1 g/mol. The zero-order valence-electron chi connectivity index (χ0n) is 3.78. The van der Waals surface area contributed by atoms with E-state index in [4.69, 9.17) is 0 Å². The Kier molecular flexibility index (Phi) is 0.686. The molecule has 0 fully saturated rings. The molecule has 0 bridgehead atoms. The summed E-state index contributed by atoms with van der Waals surface area (Å²) in [5.41, 5.74) is 1.29. The average Bonchev–Trinajstić information content (AvgIpc) is 1.31. The molecule has 0 aromatic carbocycles. The van der Waals surface area contributed by atoms with E-state index in [0.29, 0.717) is 0 Å². The summed E-state index contributed by atoms with van der Waals surface area (Å²) in [7, 11) is 0. The molecule has 1 rings (SSSR count). The summed E-state index contributed by atoms with van der Waals surface area (Å²) in [6.45, 7) is 2.11. The Labute approximate surface area is 37.9 Å². The molecule has 0 radical (unpaired) electrons.